The quantitative estimate of drug-likeness (QED) is 0.799. The second-order valence-electron chi connectivity index (χ2n) is 5.68. The van der Waals surface area contributed by atoms with E-state index in [4.69, 9.17) is 21.1 Å². The monoisotopic (exact) mass is 395 g/mol. The number of rotatable bonds is 4. The molecule has 0 saturated carbocycles. The molecule has 0 aromatic heterocycles. The second kappa shape index (κ2) is 6.62. The van der Waals surface area contributed by atoms with Crippen molar-refractivity contribution >= 4 is 38.8 Å². The molecule has 7 nitrogen and oxygen atoms in total. The summed E-state index contributed by atoms with van der Waals surface area (Å²) >= 11 is 6.04. The third kappa shape index (κ3) is 3.51. The van der Waals surface area contributed by atoms with E-state index in [9.17, 15) is 18.0 Å². The molecule has 0 atom stereocenters. The molecule has 1 N–H and O–H groups in total. The van der Waals surface area contributed by atoms with Gasteiger partial charge in [-0.25, -0.2) is 8.42 Å². The number of ketones is 1. The average Bonchev–Trinajstić information content (AvgIpc) is 3.00. The van der Waals surface area contributed by atoms with Gasteiger partial charge in [0.15, 0.2) is 27.1 Å². The number of hydrogen-bond acceptors (Lipinski definition) is 6. The topological polar surface area (TPSA) is 98.8 Å². The van der Waals surface area contributed by atoms with Crippen LogP contribution in [0, 0.1) is 0 Å². The molecule has 2 aromatic rings. The van der Waals surface area contributed by atoms with Crippen molar-refractivity contribution in [1.82, 2.24) is 0 Å². The lowest BCUT2D eigenvalue weighted by Crippen LogP contribution is -2.15. The first-order valence-corrected chi connectivity index (χ1v) is 9.69. The maximum atomic E-state index is 12.6. The molecule has 1 amide bonds. The van der Waals surface area contributed by atoms with Crippen LogP contribution in [-0.2, 0) is 9.84 Å². The van der Waals surface area contributed by atoms with E-state index in [1.165, 1.54) is 37.3 Å². The van der Waals surface area contributed by atoms with E-state index in [0.717, 1.165) is 6.26 Å². The summed E-state index contributed by atoms with van der Waals surface area (Å²) in [6, 6.07) is 6.79. The molecule has 0 bridgehead atoms. The number of sulfone groups is 1. The lowest BCUT2D eigenvalue weighted by Gasteiger charge is -2.12. The zero-order valence-electron chi connectivity index (χ0n) is 13.8. The van der Waals surface area contributed by atoms with Gasteiger partial charge in [-0.15, -0.1) is 0 Å². The van der Waals surface area contributed by atoms with Gasteiger partial charge in [0.25, 0.3) is 5.91 Å². The van der Waals surface area contributed by atoms with Gasteiger partial charge in [-0.3, -0.25) is 9.59 Å². The van der Waals surface area contributed by atoms with Gasteiger partial charge in [0.2, 0.25) is 6.79 Å². The van der Waals surface area contributed by atoms with Gasteiger partial charge >= 0.3 is 0 Å². The molecule has 26 heavy (non-hydrogen) atoms. The van der Waals surface area contributed by atoms with Gasteiger partial charge in [0.05, 0.1) is 21.2 Å². The number of anilines is 1. The highest BCUT2D eigenvalue weighted by Gasteiger charge is 2.22. The molecule has 136 valence electrons. The molecule has 1 heterocycles. The Morgan fingerprint density at radius 3 is 2.35 bits per heavy atom. The molecule has 1 aliphatic rings. The number of nitrogens with one attached hydrogen (secondary N) is 1. The number of ether oxygens (including phenoxy) is 2. The van der Waals surface area contributed by atoms with E-state index in [-0.39, 0.29) is 39.3 Å². The molecule has 0 spiro atoms. The Labute approximate surface area is 154 Å². The molecule has 3 rings (SSSR count). The second-order valence-corrected chi connectivity index (χ2v) is 8.10. The van der Waals surface area contributed by atoms with Crippen LogP contribution in [0.1, 0.15) is 27.6 Å². The van der Waals surface area contributed by atoms with Crippen LogP contribution in [0.15, 0.2) is 35.2 Å². The molecule has 0 fully saturated rings. The molecule has 1 aliphatic heterocycles. The molecule has 2 aromatic carbocycles. The van der Waals surface area contributed by atoms with Crippen LogP contribution in [0.4, 0.5) is 5.69 Å². The summed E-state index contributed by atoms with van der Waals surface area (Å²) in [4.78, 5) is 24.5. The first-order chi connectivity index (χ1) is 12.2. The predicted octanol–water partition coefficient (Wildman–Crippen LogP) is 2.93. The minimum absolute atomic E-state index is 0.0201. The summed E-state index contributed by atoms with van der Waals surface area (Å²) in [7, 11) is -3.51. The molecule has 0 aliphatic carbocycles. The van der Waals surface area contributed by atoms with Gasteiger partial charge in [0, 0.05) is 17.9 Å². The van der Waals surface area contributed by atoms with Crippen LogP contribution in [0.2, 0.25) is 5.02 Å². The number of amides is 1. The first kappa shape index (κ1) is 18.2. The van der Waals surface area contributed by atoms with Crippen molar-refractivity contribution in [3.63, 3.8) is 0 Å². The summed E-state index contributed by atoms with van der Waals surface area (Å²) in [5.41, 5.74) is 0.423. The molecule has 0 radical (unpaired) electrons. The Morgan fingerprint density at radius 2 is 1.73 bits per heavy atom. The van der Waals surface area contributed by atoms with E-state index >= 15 is 0 Å². The smallest absolute Gasteiger partial charge is 0.257 e. The summed E-state index contributed by atoms with van der Waals surface area (Å²) in [5.74, 6) is -0.136. The van der Waals surface area contributed by atoms with E-state index in [2.05, 4.69) is 5.32 Å². The lowest BCUT2D eigenvalue weighted by atomic mass is 10.1. The highest BCUT2D eigenvalue weighted by Crippen LogP contribution is 2.37. The van der Waals surface area contributed by atoms with Crippen molar-refractivity contribution in [1.29, 1.82) is 0 Å². The fraction of sp³-hybridized carbons (Fsp3) is 0.176. The lowest BCUT2D eigenvalue weighted by molar-refractivity contribution is 0.101. The van der Waals surface area contributed by atoms with Gasteiger partial charge < -0.3 is 14.8 Å². The molecule has 9 heteroatoms. The number of carbonyl (C=O) groups is 2. The van der Waals surface area contributed by atoms with Crippen LogP contribution in [0.5, 0.6) is 11.5 Å². The van der Waals surface area contributed by atoms with Gasteiger partial charge in [-0.05, 0) is 31.2 Å². The van der Waals surface area contributed by atoms with E-state index in [1.54, 1.807) is 0 Å². The minimum Gasteiger partial charge on any atom is -0.454 e. The summed E-state index contributed by atoms with van der Waals surface area (Å²) in [6.07, 6.45) is 1.03. The van der Waals surface area contributed by atoms with Crippen molar-refractivity contribution in [3.05, 3.63) is 46.5 Å². The third-order valence-electron chi connectivity index (χ3n) is 3.75. The molecular weight excluding hydrogens is 382 g/mol. The summed E-state index contributed by atoms with van der Waals surface area (Å²) < 4.78 is 33.9. The van der Waals surface area contributed by atoms with Crippen molar-refractivity contribution in [2.24, 2.45) is 0 Å². The zero-order chi connectivity index (χ0) is 19.1. The van der Waals surface area contributed by atoms with Crippen LogP contribution in [0.3, 0.4) is 0 Å². The molecule has 0 unspecified atom stereocenters. The maximum absolute atomic E-state index is 12.6. The van der Waals surface area contributed by atoms with E-state index in [0.29, 0.717) is 11.5 Å². The van der Waals surface area contributed by atoms with E-state index < -0.39 is 15.7 Å². The summed E-state index contributed by atoms with van der Waals surface area (Å²) in [5, 5.41) is 2.67. The van der Waals surface area contributed by atoms with Gasteiger partial charge in [0.1, 0.15) is 0 Å². The Balaban J connectivity index is 2.00. The SMILES string of the molecule is CC(=O)c1cc2c(cc1NC(=O)c1cc(S(C)(=O)=O)ccc1Cl)OCO2. The number of hydrogen-bond donors (Lipinski definition) is 1. The third-order valence-corrected chi connectivity index (χ3v) is 5.19. The fourth-order valence-electron chi connectivity index (χ4n) is 2.44. The van der Waals surface area contributed by atoms with E-state index in [1.807, 2.05) is 0 Å². The molecular formula is C17H14ClNO6S. The number of benzene rings is 2. The highest BCUT2D eigenvalue weighted by molar-refractivity contribution is 7.90. The van der Waals surface area contributed by atoms with Crippen LogP contribution in [0.25, 0.3) is 0 Å². The van der Waals surface area contributed by atoms with Crippen molar-refractivity contribution in [2.45, 2.75) is 11.8 Å². The summed E-state index contributed by atoms with van der Waals surface area (Å²) in [6.45, 7) is 1.37. The van der Waals surface area contributed by atoms with Crippen molar-refractivity contribution in [2.75, 3.05) is 18.4 Å². The Hall–Kier alpha value is -2.58. The standard InChI is InChI=1S/C17H14ClNO6S/c1-9(20)11-6-15-16(25-8-24-15)7-14(11)19-17(21)12-5-10(26(2,22)23)3-4-13(12)18/h3-7H,8H2,1-2H3,(H,19,21). The normalized spacial score (nSPS) is 12.7. The largest absolute Gasteiger partial charge is 0.454 e. The van der Waals surface area contributed by atoms with Crippen molar-refractivity contribution in [3.8, 4) is 11.5 Å². The Kier molecular flexibility index (Phi) is 4.64. The highest BCUT2D eigenvalue weighted by atomic mass is 35.5. The fourth-order valence-corrected chi connectivity index (χ4v) is 3.29. The predicted molar refractivity (Wildman–Crippen MR) is 95.1 cm³/mol. The maximum Gasteiger partial charge on any atom is 0.257 e. The average molecular weight is 396 g/mol. The molecule has 0 saturated heterocycles. The van der Waals surface area contributed by atoms with Crippen LogP contribution in [-0.4, -0.2) is 33.2 Å². The van der Waals surface area contributed by atoms with Crippen LogP contribution < -0.4 is 14.8 Å². The Bertz CT molecular complexity index is 1030. The van der Waals surface area contributed by atoms with Crippen LogP contribution >= 0.6 is 11.6 Å². The zero-order valence-corrected chi connectivity index (χ0v) is 15.4. The first-order valence-electron chi connectivity index (χ1n) is 7.42. The number of halogens is 1. The van der Waals surface area contributed by atoms with Crippen molar-refractivity contribution < 1.29 is 27.5 Å². The van der Waals surface area contributed by atoms with Gasteiger partial charge in [-0.2, -0.15) is 0 Å². The minimum atomic E-state index is -3.51. The number of fused-ring (bicyclic) bond motifs is 1. The number of Topliss-reactive ketones (excluding diaryl/α,β-unsaturated/α-hetero) is 1. The Morgan fingerprint density at radius 1 is 1.08 bits per heavy atom. The van der Waals surface area contributed by atoms with Gasteiger partial charge in [-0.1, -0.05) is 11.6 Å². The number of carbonyl (C=O) groups excluding carboxylic acids is 2.